The summed E-state index contributed by atoms with van der Waals surface area (Å²) in [6.07, 6.45) is 1.70. The number of amidine groups is 1. The first-order valence-corrected chi connectivity index (χ1v) is 15.9. The van der Waals surface area contributed by atoms with Crippen molar-refractivity contribution in [3.8, 4) is 11.5 Å². The molecular weight excluding hydrogens is 676 g/mol. The maximum atomic E-state index is 13.7. The zero-order valence-corrected chi connectivity index (χ0v) is 27.8. The molecule has 1 saturated heterocycles. The highest BCUT2D eigenvalue weighted by Crippen LogP contribution is 2.41. The molecule has 0 spiro atoms. The summed E-state index contributed by atoms with van der Waals surface area (Å²) in [7, 11) is 0. The first kappa shape index (κ1) is 32.7. The lowest BCUT2D eigenvalue weighted by atomic mass is 10.1. The highest BCUT2D eigenvalue weighted by Gasteiger charge is 2.35. The minimum Gasteiger partial charge on any atom is -0.490 e. The second-order valence-electron chi connectivity index (χ2n) is 9.66. The van der Waals surface area contributed by atoms with Crippen LogP contribution in [0.4, 0.5) is 17.1 Å². The molecule has 12 heteroatoms. The topological polar surface area (TPSA) is 80.2 Å². The molecule has 0 unspecified atom stereocenters. The van der Waals surface area contributed by atoms with Crippen molar-refractivity contribution in [3.63, 3.8) is 0 Å². The van der Waals surface area contributed by atoms with Crippen LogP contribution >= 0.6 is 58.2 Å². The summed E-state index contributed by atoms with van der Waals surface area (Å²) < 4.78 is 11.6. The van der Waals surface area contributed by atoms with E-state index in [0.717, 1.165) is 5.56 Å². The van der Waals surface area contributed by atoms with Gasteiger partial charge in [0.25, 0.3) is 11.8 Å². The number of aryl methyl sites for hydroxylation is 1. The van der Waals surface area contributed by atoms with Crippen molar-refractivity contribution in [1.82, 2.24) is 0 Å². The van der Waals surface area contributed by atoms with E-state index in [0.29, 0.717) is 60.1 Å². The van der Waals surface area contributed by atoms with E-state index in [-0.39, 0.29) is 23.3 Å². The van der Waals surface area contributed by atoms with E-state index in [1.807, 2.05) is 19.9 Å². The number of thioether (sulfide) groups is 1. The fourth-order valence-corrected chi connectivity index (χ4v) is 5.93. The number of amides is 2. The van der Waals surface area contributed by atoms with E-state index in [2.05, 4.69) is 5.32 Å². The van der Waals surface area contributed by atoms with Gasteiger partial charge in [-0.2, -0.15) is 0 Å². The smallest absolute Gasteiger partial charge is 0.271 e. The zero-order valence-electron chi connectivity index (χ0n) is 23.9. The first-order chi connectivity index (χ1) is 21.6. The number of hydrogen-bond donors (Lipinski definition) is 1. The third kappa shape index (κ3) is 8.14. The standard InChI is InChI=1S/C33H25Cl4N3O4S/c1-3-43-28-15-20(14-27(37)31(28)44-18-30(41)38-24-9-4-19(2)26(36)17-24)16-29-32(42)40(25-12-7-22(35)8-13-25)33(45-29)39-23-10-5-21(34)6-11-23/h4-17H,3,18H2,1-2H3,(H,38,41)/b29-16-,39-33?. The second kappa shape index (κ2) is 14.6. The van der Waals surface area contributed by atoms with Crippen LogP contribution in [-0.4, -0.2) is 30.2 Å². The van der Waals surface area contributed by atoms with Gasteiger partial charge in [-0.25, -0.2) is 4.99 Å². The fraction of sp³-hybridized carbons (Fsp3) is 0.121. The van der Waals surface area contributed by atoms with E-state index in [1.165, 1.54) is 16.7 Å². The van der Waals surface area contributed by atoms with Crippen LogP contribution in [0.25, 0.3) is 6.08 Å². The highest BCUT2D eigenvalue weighted by molar-refractivity contribution is 8.19. The average molecular weight is 701 g/mol. The van der Waals surface area contributed by atoms with Crippen LogP contribution in [0.5, 0.6) is 11.5 Å². The Labute approximate surface area is 284 Å². The van der Waals surface area contributed by atoms with Crippen LogP contribution in [0.1, 0.15) is 18.1 Å². The quantitative estimate of drug-likeness (QED) is 0.176. The van der Waals surface area contributed by atoms with Crippen molar-refractivity contribution in [2.45, 2.75) is 13.8 Å². The molecule has 2 amide bonds. The molecule has 1 fully saturated rings. The first-order valence-electron chi connectivity index (χ1n) is 13.6. The molecular formula is C33H25Cl4N3O4S. The lowest BCUT2D eigenvalue weighted by Crippen LogP contribution is -2.28. The molecule has 0 aliphatic carbocycles. The molecule has 0 bridgehead atoms. The van der Waals surface area contributed by atoms with Gasteiger partial charge in [0, 0.05) is 20.8 Å². The summed E-state index contributed by atoms with van der Waals surface area (Å²) in [4.78, 5) is 33.0. The lowest BCUT2D eigenvalue weighted by Gasteiger charge is -2.16. The predicted octanol–water partition coefficient (Wildman–Crippen LogP) is 9.83. The largest absolute Gasteiger partial charge is 0.490 e. The number of halogens is 4. The number of nitrogens with one attached hydrogen (secondary N) is 1. The molecule has 45 heavy (non-hydrogen) atoms. The molecule has 5 rings (SSSR count). The van der Waals surface area contributed by atoms with Gasteiger partial charge >= 0.3 is 0 Å². The van der Waals surface area contributed by atoms with Crippen molar-refractivity contribution in [1.29, 1.82) is 0 Å². The summed E-state index contributed by atoms with van der Waals surface area (Å²) in [5.41, 5.74) is 3.27. The molecule has 1 heterocycles. The van der Waals surface area contributed by atoms with Gasteiger partial charge in [0.05, 0.1) is 27.9 Å². The van der Waals surface area contributed by atoms with Gasteiger partial charge in [-0.1, -0.05) is 52.5 Å². The molecule has 0 radical (unpaired) electrons. The fourth-order valence-electron chi connectivity index (χ4n) is 4.22. The summed E-state index contributed by atoms with van der Waals surface area (Å²) in [6, 6.07) is 22.5. The van der Waals surface area contributed by atoms with Gasteiger partial charge in [-0.05, 0) is 116 Å². The van der Waals surface area contributed by atoms with Crippen LogP contribution in [0, 0.1) is 6.92 Å². The molecule has 1 N–H and O–H groups in total. The molecule has 4 aromatic rings. The Kier molecular flexibility index (Phi) is 10.6. The van der Waals surface area contributed by atoms with E-state index in [9.17, 15) is 9.59 Å². The van der Waals surface area contributed by atoms with Crippen molar-refractivity contribution >= 4 is 98.3 Å². The van der Waals surface area contributed by atoms with Crippen molar-refractivity contribution < 1.29 is 19.1 Å². The molecule has 0 saturated carbocycles. The Bertz CT molecular complexity index is 1810. The highest BCUT2D eigenvalue weighted by atomic mass is 35.5. The third-order valence-electron chi connectivity index (χ3n) is 6.38. The Morgan fingerprint density at radius 3 is 2.27 bits per heavy atom. The molecule has 0 atom stereocenters. The van der Waals surface area contributed by atoms with Gasteiger partial charge in [0.15, 0.2) is 23.3 Å². The Balaban J connectivity index is 1.41. The Morgan fingerprint density at radius 1 is 0.911 bits per heavy atom. The minimum atomic E-state index is -0.401. The van der Waals surface area contributed by atoms with E-state index < -0.39 is 5.91 Å². The number of carbonyl (C=O) groups is 2. The maximum Gasteiger partial charge on any atom is 0.271 e. The number of benzene rings is 4. The van der Waals surface area contributed by atoms with Crippen LogP contribution in [0.2, 0.25) is 20.1 Å². The third-order valence-corrected chi connectivity index (χ3v) is 8.54. The van der Waals surface area contributed by atoms with Crippen molar-refractivity contribution in [2.75, 3.05) is 23.4 Å². The number of aliphatic imine (C=N–C) groups is 1. The monoisotopic (exact) mass is 699 g/mol. The predicted molar refractivity (Wildman–Crippen MR) is 186 cm³/mol. The van der Waals surface area contributed by atoms with E-state index in [4.69, 9.17) is 60.9 Å². The van der Waals surface area contributed by atoms with Gasteiger partial charge in [0.1, 0.15) is 0 Å². The van der Waals surface area contributed by atoms with Crippen molar-refractivity contribution in [3.05, 3.63) is 115 Å². The molecule has 7 nitrogen and oxygen atoms in total. The SMILES string of the molecule is CCOc1cc(/C=C2\SC(=Nc3ccc(Cl)cc3)N(c3ccc(Cl)cc3)C2=O)cc(Cl)c1OCC(=O)Nc1ccc(C)c(Cl)c1. The summed E-state index contributed by atoms with van der Waals surface area (Å²) >= 11 is 26.2. The van der Waals surface area contributed by atoms with Crippen molar-refractivity contribution in [2.24, 2.45) is 4.99 Å². The summed E-state index contributed by atoms with van der Waals surface area (Å²) in [5.74, 6) is -0.154. The van der Waals surface area contributed by atoms with Crippen LogP contribution in [-0.2, 0) is 9.59 Å². The van der Waals surface area contributed by atoms with Gasteiger partial charge in [-0.3, -0.25) is 14.5 Å². The number of nitrogens with zero attached hydrogens (tertiary/aromatic N) is 2. The summed E-state index contributed by atoms with van der Waals surface area (Å²) in [6.45, 7) is 3.69. The number of carbonyl (C=O) groups excluding carboxylic acids is 2. The van der Waals surface area contributed by atoms with Crippen LogP contribution in [0.3, 0.4) is 0 Å². The number of ether oxygens (including phenoxy) is 2. The van der Waals surface area contributed by atoms with Gasteiger partial charge in [0.2, 0.25) is 0 Å². The average Bonchev–Trinajstić information content (AvgIpc) is 3.30. The maximum absolute atomic E-state index is 13.7. The van der Waals surface area contributed by atoms with E-state index in [1.54, 1.807) is 78.9 Å². The number of anilines is 2. The zero-order chi connectivity index (χ0) is 32.1. The lowest BCUT2D eigenvalue weighted by molar-refractivity contribution is -0.118. The normalized spacial score (nSPS) is 14.7. The molecule has 230 valence electrons. The molecule has 1 aliphatic rings. The van der Waals surface area contributed by atoms with E-state index >= 15 is 0 Å². The Hall–Kier alpha value is -3.66. The number of hydrogen-bond acceptors (Lipinski definition) is 6. The number of rotatable bonds is 9. The molecule has 0 aromatic heterocycles. The summed E-state index contributed by atoms with van der Waals surface area (Å²) in [5, 5.41) is 5.07. The van der Waals surface area contributed by atoms with Gasteiger partial charge < -0.3 is 14.8 Å². The second-order valence-corrected chi connectivity index (χ2v) is 12.4. The van der Waals surface area contributed by atoms with Crippen LogP contribution < -0.4 is 19.7 Å². The molecule has 4 aromatic carbocycles. The minimum absolute atomic E-state index is 0.205. The molecule has 1 aliphatic heterocycles. The Morgan fingerprint density at radius 2 is 1.60 bits per heavy atom. The van der Waals surface area contributed by atoms with Crippen LogP contribution in [0.15, 0.2) is 88.8 Å². The van der Waals surface area contributed by atoms with Gasteiger partial charge in [-0.15, -0.1) is 0 Å².